The molecule has 0 aliphatic rings. The van der Waals surface area contributed by atoms with E-state index in [1.807, 2.05) is 30.3 Å². The van der Waals surface area contributed by atoms with Gasteiger partial charge in [-0.05, 0) is 17.7 Å². The van der Waals surface area contributed by atoms with Crippen molar-refractivity contribution in [1.29, 1.82) is 0 Å². The van der Waals surface area contributed by atoms with Crippen molar-refractivity contribution in [2.75, 3.05) is 5.33 Å². The molecule has 0 aliphatic heterocycles. The van der Waals surface area contributed by atoms with E-state index in [1.165, 1.54) is 6.07 Å². The molecule has 0 saturated carbocycles. The monoisotopic (exact) mass is 319 g/mol. The van der Waals surface area contributed by atoms with Crippen LogP contribution in [0.2, 0.25) is 0 Å². The molecule has 1 atom stereocenters. The molecule has 0 bridgehead atoms. The molecule has 0 aliphatic carbocycles. The zero-order valence-corrected chi connectivity index (χ0v) is 11.8. The Labute approximate surface area is 120 Å². The average Bonchev–Trinajstić information content (AvgIpc) is 2.46. The van der Waals surface area contributed by atoms with Crippen LogP contribution in [0, 0.1) is 0 Å². The number of alkyl halides is 1. The Bertz CT molecular complexity index is 557. The highest BCUT2D eigenvalue weighted by atomic mass is 79.9. The minimum atomic E-state index is -0.286. The summed E-state index contributed by atoms with van der Waals surface area (Å²) in [6.07, 6.45) is 0. The normalized spacial score (nSPS) is 11.8. The van der Waals surface area contributed by atoms with Gasteiger partial charge in [0, 0.05) is 5.33 Å². The quantitative estimate of drug-likeness (QED) is 0.850. The Morgan fingerprint density at radius 3 is 2.37 bits per heavy atom. The molecule has 2 N–H and O–H groups in total. The smallest absolute Gasteiger partial charge is 0.255 e. The number of rotatable bonds is 4. The third-order valence-corrected chi connectivity index (χ3v) is 3.46. The molecule has 1 amide bonds. The number of carbonyl (C=O) groups is 1. The minimum absolute atomic E-state index is 0.0126. The zero-order valence-electron chi connectivity index (χ0n) is 10.2. The Balaban J connectivity index is 2.16. The number of phenolic OH excluding ortho intramolecular Hbond substituents is 1. The molecule has 0 radical (unpaired) electrons. The van der Waals surface area contributed by atoms with Crippen molar-refractivity contribution in [2.45, 2.75) is 6.04 Å². The van der Waals surface area contributed by atoms with Gasteiger partial charge < -0.3 is 10.4 Å². The predicted octanol–water partition coefficient (Wildman–Crippen LogP) is 3.26. The van der Waals surface area contributed by atoms with Crippen LogP contribution in [-0.2, 0) is 0 Å². The molecular formula is C15H14BrNO2. The van der Waals surface area contributed by atoms with Crippen LogP contribution in [0.1, 0.15) is 22.0 Å². The summed E-state index contributed by atoms with van der Waals surface area (Å²) in [6, 6.07) is 16.1. The number of hydrogen-bond acceptors (Lipinski definition) is 2. The molecule has 98 valence electrons. The van der Waals surface area contributed by atoms with Gasteiger partial charge in [-0.3, -0.25) is 4.79 Å². The highest BCUT2D eigenvalue weighted by Crippen LogP contribution is 2.19. The van der Waals surface area contributed by atoms with E-state index < -0.39 is 0 Å². The maximum atomic E-state index is 12.1. The van der Waals surface area contributed by atoms with E-state index in [2.05, 4.69) is 21.2 Å². The molecule has 0 spiro atoms. The van der Waals surface area contributed by atoms with E-state index >= 15 is 0 Å². The van der Waals surface area contributed by atoms with Crippen molar-refractivity contribution >= 4 is 21.8 Å². The molecule has 0 heterocycles. The van der Waals surface area contributed by atoms with E-state index in [4.69, 9.17) is 0 Å². The largest absolute Gasteiger partial charge is 0.507 e. The van der Waals surface area contributed by atoms with E-state index in [9.17, 15) is 9.90 Å². The Kier molecular flexibility index (Phi) is 4.58. The SMILES string of the molecule is O=C(NC(CBr)c1ccccc1)c1ccccc1O. The summed E-state index contributed by atoms with van der Waals surface area (Å²) < 4.78 is 0. The third-order valence-electron chi connectivity index (χ3n) is 2.81. The molecule has 1 unspecified atom stereocenters. The van der Waals surface area contributed by atoms with Gasteiger partial charge in [0.15, 0.2) is 0 Å². The molecule has 0 aromatic heterocycles. The predicted molar refractivity (Wildman–Crippen MR) is 78.6 cm³/mol. The average molecular weight is 320 g/mol. The maximum Gasteiger partial charge on any atom is 0.255 e. The lowest BCUT2D eigenvalue weighted by molar-refractivity contribution is 0.0938. The van der Waals surface area contributed by atoms with Crippen LogP contribution in [0.3, 0.4) is 0 Å². The van der Waals surface area contributed by atoms with E-state index in [0.717, 1.165) is 5.56 Å². The summed E-state index contributed by atoms with van der Waals surface area (Å²) in [7, 11) is 0. The van der Waals surface area contributed by atoms with Crippen molar-refractivity contribution in [1.82, 2.24) is 5.32 Å². The number of amides is 1. The second-order valence-corrected chi connectivity index (χ2v) is 4.76. The van der Waals surface area contributed by atoms with Gasteiger partial charge in [0.1, 0.15) is 5.75 Å². The van der Waals surface area contributed by atoms with Crippen LogP contribution in [0.15, 0.2) is 54.6 Å². The van der Waals surface area contributed by atoms with E-state index in [1.54, 1.807) is 18.2 Å². The molecule has 2 aromatic rings. The number of para-hydroxylation sites is 1. The first-order chi connectivity index (χ1) is 9.22. The summed E-state index contributed by atoms with van der Waals surface area (Å²) >= 11 is 3.39. The molecule has 19 heavy (non-hydrogen) atoms. The van der Waals surface area contributed by atoms with E-state index in [0.29, 0.717) is 5.33 Å². The fourth-order valence-electron chi connectivity index (χ4n) is 1.80. The van der Waals surface area contributed by atoms with Gasteiger partial charge in [0.2, 0.25) is 0 Å². The van der Waals surface area contributed by atoms with Gasteiger partial charge in [-0.1, -0.05) is 58.4 Å². The van der Waals surface area contributed by atoms with Crippen molar-refractivity contribution < 1.29 is 9.90 Å². The van der Waals surface area contributed by atoms with Crippen LogP contribution in [-0.4, -0.2) is 16.3 Å². The summed E-state index contributed by atoms with van der Waals surface area (Å²) in [5.74, 6) is -0.298. The first-order valence-electron chi connectivity index (χ1n) is 5.92. The Hall–Kier alpha value is -1.81. The number of nitrogens with one attached hydrogen (secondary N) is 1. The van der Waals surface area contributed by atoms with Crippen molar-refractivity contribution in [2.24, 2.45) is 0 Å². The van der Waals surface area contributed by atoms with Gasteiger partial charge in [-0.15, -0.1) is 0 Å². The molecule has 0 saturated heterocycles. The molecule has 2 rings (SSSR count). The first-order valence-corrected chi connectivity index (χ1v) is 7.04. The number of aromatic hydroxyl groups is 1. The third kappa shape index (κ3) is 3.35. The van der Waals surface area contributed by atoms with Gasteiger partial charge in [-0.2, -0.15) is 0 Å². The lowest BCUT2D eigenvalue weighted by Crippen LogP contribution is -2.29. The number of hydrogen-bond donors (Lipinski definition) is 2. The van der Waals surface area contributed by atoms with Crippen LogP contribution in [0.25, 0.3) is 0 Å². The van der Waals surface area contributed by atoms with E-state index in [-0.39, 0.29) is 23.3 Å². The lowest BCUT2D eigenvalue weighted by atomic mass is 10.1. The molecule has 3 nitrogen and oxygen atoms in total. The number of carbonyl (C=O) groups excluding carboxylic acids is 1. The molecule has 4 heteroatoms. The van der Waals surface area contributed by atoms with Crippen LogP contribution in [0.5, 0.6) is 5.75 Å². The summed E-state index contributed by atoms with van der Waals surface area (Å²) in [6.45, 7) is 0. The fourth-order valence-corrected chi connectivity index (χ4v) is 2.33. The van der Waals surface area contributed by atoms with Crippen molar-refractivity contribution in [3.8, 4) is 5.75 Å². The Morgan fingerprint density at radius 2 is 1.74 bits per heavy atom. The minimum Gasteiger partial charge on any atom is -0.507 e. The standard InChI is InChI=1S/C15H14BrNO2/c16-10-13(11-6-2-1-3-7-11)17-15(19)12-8-4-5-9-14(12)18/h1-9,13,18H,10H2,(H,17,19). The van der Waals surface area contributed by atoms with Crippen LogP contribution < -0.4 is 5.32 Å². The van der Waals surface area contributed by atoms with Crippen molar-refractivity contribution in [3.05, 3.63) is 65.7 Å². The van der Waals surface area contributed by atoms with Crippen LogP contribution >= 0.6 is 15.9 Å². The Morgan fingerprint density at radius 1 is 1.11 bits per heavy atom. The maximum absolute atomic E-state index is 12.1. The highest BCUT2D eigenvalue weighted by molar-refractivity contribution is 9.09. The number of benzene rings is 2. The second kappa shape index (κ2) is 6.38. The van der Waals surface area contributed by atoms with Gasteiger partial charge >= 0.3 is 0 Å². The molecular weight excluding hydrogens is 306 g/mol. The first kappa shape index (κ1) is 13.6. The van der Waals surface area contributed by atoms with Crippen molar-refractivity contribution in [3.63, 3.8) is 0 Å². The summed E-state index contributed by atoms with van der Waals surface area (Å²) in [5.41, 5.74) is 1.30. The molecule has 2 aromatic carbocycles. The topological polar surface area (TPSA) is 49.3 Å². The summed E-state index contributed by atoms with van der Waals surface area (Å²) in [5, 5.41) is 13.2. The molecule has 0 fully saturated rings. The zero-order chi connectivity index (χ0) is 13.7. The highest BCUT2D eigenvalue weighted by Gasteiger charge is 2.16. The van der Waals surface area contributed by atoms with Gasteiger partial charge in [0.05, 0.1) is 11.6 Å². The number of halogens is 1. The number of phenols is 1. The second-order valence-electron chi connectivity index (χ2n) is 4.11. The van der Waals surface area contributed by atoms with Gasteiger partial charge in [-0.25, -0.2) is 0 Å². The summed E-state index contributed by atoms with van der Waals surface area (Å²) in [4.78, 5) is 12.1. The fraction of sp³-hybridized carbons (Fsp3) is 0.133. The van der Waals surface area contributed by atoms with Crippen LogP contribution in [0.4, 0.5) is 0 Å². The van der Waals surface area contributed by atoms with Gasteiger partial charge in [0.25, 0.3) is 5.91 Å². The lowest BCUT2D eigenvalue weighted by Gasteiger charge is -2.17.